The smallest absolute Gasteiger partial charge is 0.322 e. The van der Waals surface area contributed by atoms with E-state index < -0.39 is 36.0 Å². The fraction of sp³-hybridized carbons (Fsp3) is 0.733. The summed E-state index contributed by atoms with van der Waals surface area (Å²) in [6, 6.07) is -0.866. The summed E-state index contributed by atoms with van der Waals surface area (Å²) in [6.45, 7) is 7.28. The Morgan fingerprint density at radius 2 is 1.87 bits per heavy atom. The van der Waals surface area contributed by atoms with E-state index in [1.807, 2.05) is 0 Å². The standard InChI is InChI=1S/C30H43N3O6/c1-6-30(38)14-11-23-21-8-7-19-15-20(9-12-28(19,4)22(21)10-13-29(23,30)5)33-39-17-24(34)32-26(18(2)3)27(37)31-16-25(35)36/h1,15,18,21-23,26,38H,7-14,16-17H2,2-5H3,(H,31,37)(H,32,34)(H,35,36)/t21?,22?,23?,26?,28-,29-,30+/m0/s1. The van der Waals surface area contributed by atoms with Crippen LogP contribution in [0.3, 0.4) is 0 Å². The van der Waals surface area contributed by atoms with E-state index in [0.717, 1.165) is 50.7 Å². The molecule has 39 heavy (non-hydrogen) atoms. The number of carbonyl (C=O) groups excluding carboxylic acids is 2. The van der Waals surface area contributed by atoms with Gasteiger partial charge in [-0.15, -0.1) is 6.42 Å². The SMILES string of the molecule is C#C[C@@]1(O)CCC2C3CCC4=CC(=NOCC(=O)NC(C(=O)NCC(=O)O)C(C)C)CC[C@]4(C)C3CC[C@@]21C. The molecule has 3 saturated carbocycles. The second-order valence-corrected chi connectivity index (χ2v) is 12.8. The van der Waals surface area contributed by atoms with E-state index in [9.17, 15) is 19.5 Å². The third kappa shape index (κ3) is 5.32. The van der Waals surface area contributed by atoms with Gasteiger partial charge in [0.15, 0.2) is 6.61 Å². The third-order valence-electron chi connectivity index (χ3n) is 10.4. The lowest BCUT2D eigenvalue weighted by Crippen LogP contribution is -2.54. The zero-order chi connectivity index (χ0) is 28.6. The molecule has 4 N–H and O–H groups in total. The molecule has 7 atom stereocenters. The average molecular weight is 542 g/mol. The summed E-state index contributed by atoms with van der Waals surface area (Å²) in [5, 5.41) is 29.1. The van der Waals surface area contributed by atoms with Crippen molar-refractivity contribution in [2.24, 2.45) is 39.7 Å². The van der Waals surface area contributed by atoms with Crippen LogP contribution in [0.15, 0.2) is 16.8 Å². The van der Waals surface area contributed by atoms with Gasteiger partial charge in [0.25, 0.3) is 5.91 Å². The van der Waals surface area contributed by atoms with Crippen LogP contribution < -0.4 is 10.6 Å². The van der Waals surface area contributed by atoms with Crippen LogP contribution in [0.2, 0.25) is 0 Å². The number of carboxylic acid groups (broad SMARTS) is 1. The molecule has 0 saturated heterocycles. The minimum Gasteiger partial charge on any atom is -0.480 e. The zero-order valence-corrected chi connectivity index (χ0v) is 23.6. The molecule has 0 aromatic heterocycles. The van der Waals surface area contributed by atoms with Gasteiger partial charge in [-0.05, 0) is 86.5 Å². The van der Waals surface area contributed by atoms with Crippen molar-refractivity contribution < 1.29 is 29.4 Å². The second-order valence-electron chi connectivity index (χ2n) is 12.8. The fourth-order valence-corrected chi connectivity index (χ4v) is 8.09. The van der Waals surface area contributed by atoms with Gasteiger partial charge < -0.3 is 25.7 Å². The highest BCUT2D eigenvalue weighted by Gasteiger charge is 2.63. The lowest BCUT2D eigenvalue weighted by Gasteiger charge is -2.58. The molecule has 4 rings (SSSR count). The summed E-state index contributed by atoms with van der Waals surface area (Å²) in [6.07, 6.45) is 15.5. The summed E-state index contributed by atoms with van der Waals surface area (Å²) < 4.78 is 0. The van der Waals surface area contributed by atoms with Gasteiger partial charge in [-0.2, -0.15) is 0 Å². The van der Waals surface area contributed by atoms with Gasteiger partial charge in [0.2, 0.25) is 5.91 Å². The van der Waals surface area contributed by atoms with E-state index >= 15 is 0 Å². The van der Waals surface area contributed by atoms with E-state index in [1.54, 1.807) is 13.8 Å². The molecule has 0 bridgehead atoms. The van der Waals surface area contributed by atoms with E-state index in [4.69, 9.17) is 16.4 Å². The normalized spacial score (nSPS) is 37.0. The van der Waals surface area contributed by atoms with Gasteiger partial charge in [-0.25, -0.2) is 0 Å². The molecule has 9 heteroatoms. The largest absolute Gasteiger partial charge is 0.480 e. The molecule has 0 heterocycles. The molecule has 0 aliphatic heterocycles. The predicted molar refractivity (Wildman–Crippen MR) is 146 cm³/mol. The highest BCUT2D eigenvalue weighted by Crippen LogP contribution is 2.67. The quantitative estimate of drug-likeness (QED) is 0.275. The molecule has 0 radical (unpaired) electrons. The molecular weight excluding hydrogens is 498 g/mol. The Balaban J connectivity index is 1.36. The van der Waals surface area contributed by atoms with Crippen molar-refractivity contribution in [2.75, 3.05) is 13.2 Å². The lowest BCUT2D eigenvalue weighted by atomic mass is 9.46. The number of hydrogen-bond acceptors (Lipinski definition) is 6. The summed E-state index contributed by atoms with van der Waals surface area (Å²) >= 11 is 0. The van der Waals surface area contributed by atoms with Crippen LogP contribution in [0.5, 0.6) is 0 Å². The summed E-state index contributed by atoms with van der Waals surface area (Å²) in [5.41, 5.74) is 1.10. The molecule has 4 unspecified atom stereocenters. The van der Waals surface area contributed by atoms with Gasteiger partial charge in [0.1, 0.15) is 18.2 Å². The number of fused-ring (bicyclic) bond motifs is 5. The Bertz CT molecular complexity index is 1110. The minimum absolute atomic E-state index is 0.0886. The molecule has 9 nitrogen and oxygen atoms in total. The first-order valence-corrected chi connectivity index (χ1v) is 14.2. The number of nitrogens with one attached hydrogen (secondary N) is 2. The Morgan fingerprint density at radius 3 is 2.54 bits per heavy atom. The first-order chi connectivity index (χ1) is 18.3. The Morgan fingerprint density at radius 1 is 1.15 bits per heavy atom. The van der Waals surface area contributed by atoms with Gasteiger partial charge >= 0.3 is 5.97 Å². The third-order valence-corrected chi connectivity index (χ3v) is 10.4. The number of carbonyl (C=O) groups is 3. The fourth-order valence-electron chi connectivity index (χ4n) is 8.09. The number of allylic oxidation sites excluding steroid dienone is 2. The number of amides is 2. The molecule has 4 aliphatic carbocycles. The number of nitrogens with zero attached hydrogens (tertiary/aromatic N) is 1. The molecule has 3 fully saturated rings. The highest BCUT2D eigenvalue weighted by atomic mass is 16.6. The molecule has 2 amide bonds. The number of aliphatic carboxylic acids is 1. The highest BCUT2D eigenvalue weighted by molar-refractivity contribution is 5.96. The van der Waals surface area contributed by atoms with E-state index in [2.05, 4.69) is 41.6 Å². The van der Waals surface area contributed by atoms with Crippen molar-refractivity contribution in [3.63, 3.8) is 0 Å². The number of oxime groups is 1. The number of hydrogen-bond donors (Lipinski definition) is 4. The van der Waals surface area contributed by atoms with Crippen LogP contribution in [-0.4, -0.2) is 58.5 Å². The minimum atomic E-state index is -1.15. The van der Waals surface area contributed by atoms with E-state index in [0.29, 0.717) is 24.2 Å². The second kappa shape index (κ2) is 11.0. The van der Waals surface area contributed by atoms with Crippen molar-refractivity contribution in [1.82, 2.24) is 10.6 Å². The maximum Gasteiger partial charge on any atom is 0.322 e. The molecular formula is C30H43N3O6. The van der Waals surface area contributed by atoms with Crippen LogP contribution in [-0.2, 0) is 19.2 Å². The van der Waals surface area contributed by atoms with Crippen LogP contribution in [0.4, 0.5) is 0 Å². The summed E-state index contributed by atoms with van der Waals surface area (Å²) in [5.74, 6) is 1.90. The number of rotatable bonds is 8. The van der Waals surface area contributed by atoms with Gasteiger partial charge in [0, 0.05) is 5.41 Å². The van der Waals surface area contributed by atoms with Crippen LogP contribution >= 0.6 is 0 Å². The number of aliphatic hydroxyl groups is 1. The zero-order valence-electron chi connectivity index (χ0n) is 23.6. The van der Waals surface area contributed by atoms with Crippen molar-refractivity contribution in [2.45, 2.75) is 90.7 Å². The van der Waals surface area contributed by atoms with E-state index in [-0.39, 0.29) is 23.4 Å². The molecule has 0 aromatic rings. The summed E-state index contributed by atoms with van der Waals surface area (Å²) in [4.78, 5) is 40.8. The first-order valence-electron chi connectivity index (χ1n) is 14.2. The van der Waals surface area contributed by atoms with Crippen molar-refractivity contribution in [1.29, 1.82) is 0 Å². The van der Waals surface area contributed by atoms with Crippen LogP contribution in [0, 0.1) is 46.8 Å². The molecule has 0 spiro atoms. The monoisotopic (exact) mass is 541 g/mol. The Kier molecular flexibility index (Phi) is 8.18. The van der Waals surface area contributed by atoms with Crippen molar-refractivity contribution in [3.05, 3.63) is 11.6 Å². The maximum absolute atomic E-state index is 12.4. The van der Waals surface area contributed by atoms with Crippen LogP contribution in [0.25, 0.3) is 0 Å². The Labute approximate surface area is 231 Å². The van der Waals surface area contributed by atoms with Crippen molar-refractivity contribution in [3.8, 4) is 12.3 Å². The predicted octanol–water partition coefficient (Wildman–Crippen LogP) is 3.03. The number of terminal acetylenes is 1. The van der Waals surface area contributed by atoms with Crippen molar-refractivity contribution >= 4 is 23.5 Å². The molecule has 214 valence electrons. The molecule has 0 aromatic carbocycles. The van der Waals surface area contributed by atoms with Gasteiger partial charge in [-0.3, -0.25) is 14.4 Å². The molecule has 4 aliphatic rings. The van der Waals surface area contributed by atoms with Crippen LogP contribution in [0.1, 0.15) is 79.1 Å². The summed E-state index contributed by atoms with van der Waals surface area (Å²) in [7, 11) is 0. The average Bonchev–Trinajstić information content (AvgIpc) is 3.16. The van der Waals surface area contributed by atoms with E-state index in [1.165, 1.54) is 5.57 Å². The Hall–Kier alpha value is -2.86. The first kappa shape index (κ1) is 29.1. The van der Waals surface area contributed by atoms with Gasteiger partial charge in [0.05, 0.1) is 5.71 Å². The topological polar surface area (TPSA) is 137 Å². The maximum atomic E-state index is 12.4. The number of carboxylic acids is 1. The lowest BCUT2D eigenvalue weighted by molar-refractivity contribution is -0.138. The van der Waals surface area contributed by atoms with Gasteiger partial charge in [-0.1, -0.05) is 44.3 Å².